The average molecular weight is 575 g/mol. The summed E-state index contributed by atoms with van der Waals surface area (Å²) in [6.45, 7) is 2.54. The minimum atomic E-state index is -0.774. The largest absolute Gasteiger partial charge is 0.354 e. The number of hydrogen-bond donors (Lipinski definition) is 1. The van der Waals surface area contributed by atoms with Crippen LogP contribution >= 0.6 is 35.0 Å². The van der Waals surface area contributed by atoms with Crippen LogP contribution in [-0.4, -0.2) is 40.0 Å². The van der Waals surface area contributed by atoms with Gasteiger partial charge in [0.15, 0.2) is 0 Å². The van der Waals surface area contributed by atoms with E-state index in [1.807, 2.05) is 37.3 Å². The third-order valence-electron chi connectivity index (χ3n) is 5.85. The van der Waals surface area contributed by atoms with Crippen LogP contribution in [0.15, 0.2) is 72.8 Å². The lowest BCUT2D eigenvalue weighted by atomic mass is 10.0. The highest BCUT2D eigenvalue weighted by molar-refractivity contribution is 7.99. The number of halogens is 2. The van der Waals surface area contributed by atoms with Crippen LogP contribution in [0.5, 0.6) is 0 Å². The molecule has 0 spiro atoms. The van der Waals surface area contributed by atoms with Crippen molar-refractivity contribution < 1.29 is 14.5 Å². The highest BCUT2D eigenvalue weighted by Gasteiger charge is 2.31. The number of benzene rings is 3. The number of rotatable bonds is 13. The van der Waals surface area contributed by atoms with E-state index in [2.05, 4.69) is 5.32 Å². The number of thioether (sulfide) groups is 1. The molecule has 3 rings (SSSR count). The topological polar surface area (TPSA) is 92.6 Å². The molecule has 0 saturated heterocycles. The highest BCUT2D eigenvalue weighted by Crippen LogP contribution is 2.28. The van der Waals surface area contributed by atoms with E-state index in [1.54, 1.807) is 35.2 Å². The maximum Gasteiger partial charge on any atom is 0.269 e. The van der Waals surface area contributed by atoms with Gasteiger partial charge in [0, 0.05) is 53.0 Å². The van der Waals surface area contributed by atoms with Crippen molar-refractivity contribution >= 4 is 52.5 Å². The van der Waals surface area contributed by atoms with Gasteiger partial charge in [0.05, 0.1) is 10.7 Å². The molecule has 0 aromatic heterocycles. The quantitative estimate of drug-likeness (QED) is 0.191. The Morgan fingerprint density at radius 1 is 0.974 bits per heavy atom. The number of nitrogens with zero attached hydrogens (tertiary/aromatic N) is 2. The number of carbonyl (C=O) groups is 2. The first-order chi connectivity index (χ1) is 18.3. The fourth-order valence-corrected chi connectivity index (χ4v) is 5.21. The second kappa shape index (κ2) is 14.8. The molecule has 0 fully saturated rings. The Labute approximate surface area is 236 Å². The first-order valence-corrected chi connectivity index (χ1v) is 14.1. The molecule has 0 heterocycles. The van der Waals surface area contributed by atoms with E-state index in [0.717, 1.165) is 17.5 Å². The summed E-state index contributed by atoms with van der Waals surface area (Å²) in [6, 6.07) is 20.1. The molecule has 0 saturated carbocycles. The van der Waals surface area contributed by atoms with Crippen LogP contribution in [0.3, 0.4) is 0 Å². The van der Waals surface area contributed by atoms with Gasteiger partial charge in [0.25, 0.3) is 5.69 Å². The minimum Gasteiger partial charge on any atom is -0.354 e. The van der Waals surface area contributed by atoms with Crippen molar-refractivity contribution in [3.63, 3.8) is 0 Å². The molecule has 0 aliphatic rings. The van der Waals surface area contributed by atoms with Crippen molar-refractivity contribution in [1.82, 2.24) is 10.2 Å². The third-order valence-corrected chi connectivity index (χ3v) is 7.55. The average Bonchev–Trinajstić information content (AvgIpc) is 2.91. The van der Waals surface area contributed by atoms with Gasteiger partial charge in [-0.1, -0.05) is 78.7 Å². The predicted molar refractivity (Wildman–Crippen MR) is 154 cm³/mol. The van der Waals surface area contributed by atoms with E-state index in [1.165, 1.54) is 23.9 Å². The number of carbonyl (C=O) groups excluding carboxylic acids is 2. The van der Waals surface area contributed by atoms with Gasteiger partial charge in [-0.15, -0.1) is 11.8 Å². The summed E-state index contributed by atoms with van der Waals surface area (Å²) in [5.74, 6) is 0.106. The summed E-state index contributed by atoms with van der Waals surface area (Å²) < 4.78 is 0. The molecule has 7 nitrogen and oxygen atoms in total. The first-order valence-electron chi connectivity index (χ1n) is 12.1. The van der Waals surface area contributed by atoms with Crippen molar-refractivity contribution in [2.24, 2.45) is 0 Å². The summed E-state index contributed by atoms with van der Waals surface area (Å²) in [7, 11) is 0. The molecule has 0 bridgehead atoms. The fraction of sp³-hybridized carbons (Fsp3) is 0.286. The van der Waals surface area contributed by atoms with E-state index in [-0.39, 0.29) is 29.8 Å². The zero-order valence-corrected chi connectivity index (χ0v) is 23.3. The molecule has 0 aliphatic carbocycles. The second-order valence-corrected chi connectivity index (χ2v) is 10.4. The Balaban J connectivity index is 1.85. The number of nitrogens with one attached hydrogen (secondary N) is 1. The van der Waals surface area contributed by atoms with Gasteiger partial charge in [-0.3, -0.25) is 19.7 Å². The molecule has 1 unspecified atom stereocenters. The van der Waals surface area contributed by atoms with Crippen LogP contribution in [-0.2, 0) is 28.3 Å². The number of nitro groups is 1. The maximum absolute atomic E-state index is 13.7. The minimum absolute atomic E-state index is 0.0134. The van der Waals surface area contributed by atoms with Gasteiger partial charge in [0.1, 0.15) is 6.04 Å². The van der Waals surface area contributed by atoms with Crippen LogP contribution in [0.4, 0.5) is 5.69 Å². The molecule has 2 amide bonds. The summed E-state index contributed by atoms with van der Waals surface area (Å²) in [5, 5.41) is 14.7. The summed E-state index contributed by atoms with van der Waals surface area (Å²) in [6.07, 6.45) is 1.09. The monoisotopic (exact) mass is 573 g/mol. The summed E-state index contributed by atoms with van der Waals surface area (Å²) in [4.78, 5) is 39.0. The number of nitro benzene ring substituents is 1. The van der Waals surface area contributed by atoms with Crippen LogP contribution < -0.4 is 5.32 Å². The zero-order chi connectivity index (χ0) is 27.5. The SMILES string of the molecule is CCCNC(=O)C(Cc1ccccc1)N(Cc1c(Cl)cccc1Cl)C(=O)CSCc1ccc([N+](=O)[O-])cc1. The third kappa shape index (κ3) is 8.48. The van der Waals surface area contributed by atoms with E-state index in [4.69, 9.17) is 23.2 Å². The van der Waals surface area contributed by atoms with E-state index in [0.29, 0.717) is 34.3 Å². The Kier molecular flexibility index (Phi) is 11.5. The normalized spacial score (nSPS) is 11.6. The lowest BCUT2D eigenvalue weighted by Gasteiger charge is -2.32. The van der Waals surface area contributed by atoms with E-state index < -0.39 is 11.0 Å². The van der Waals surface area contributed by atoms with Gasteiger partial charge in [0.2, 0.25) is 11.8 Å². The molecule has 0 radical (unpaired) electrons. The second-order valence-electron chi connectivity index (χ2n) is 8.63. The lowest BCUT2D eigenvalue weighted by Crippen LogP contribution is -2.51. The van der Waals surface area contributed by atoms with Gasteiger partial charge in [-0.2, -0.15) is 0 Å². The summed E-state index contributed by atoms with van der Waals surface area (Å²) >= 11 is 14.3. The molecular formula is C28H29Cl2N3O4S. The summed E-state index contributed by atoms with van der Waals surface area (Å²) in [5.41, 5.74) is 2.37. The molecule has 38 heavy (non-hydrogen) atoms. The predicted octanol–water partition coefficient (Wildman–Crippen LogP) is 6.30. The van der Waals surface area contributed by atoms with Crippen molar-refractivity contribution in [3.05, 3.63) is 110 Å². The van der Waals surface area contributed by atoms with Crippen LogP contribution in [0.1, 0.15) is 30.0 Å². The molecule has 0 aliphatic heterocycles. The van der Waals surface area contributed by atoms with Crippen LogP contribution in [0.25, 0.3) is 0 Å². The van der Waals surface area contributed by atoms with Crippen LogP contribution in [0, 0.1) is 10.1 Å². The van der Waals surface area contributed by atoms with Crippen LogP contribution in [0.2, 0.25) is 10.0 Å². The Hall–Kier alpha value is -3.07. The molecule has 1 N–H and O–H groups in total. The lowest BCUT2D eigenvalue weighted by molar-refractivity contribution is -0.384. The van der Waals surface area contributed by atoms with Crippen molar-refractivity contribution in [2.45, 2.75) is 38.1 Å². The van der Waals surface area contributed by atoms with Crippen molar-refractivity contribution in [2.75, 3.05) is 12.3 Å². The molecule has 3 aromatic carbocycles. The molecule has 10 heteroatoms. The Morgan fingerprint density at radius 3 is 2.24 bits per heavy atom. The van der Waals surface area contributed by atoms with Gasteiger partial charge >= 0.3 is 0 Å². The van der Waals surface area contributed by atoms with Crippen molar-refractivity contribution in [1.29, 1.82) is 0 Å². The number of non-ortho nitro benzene ring substituents is 1. The Bertz CT molecular complexity index is 1220. The molecular weight excluding hydrogens is 545 g/mol. The smallest absolute Gasteiger partial charge is 0.269 e. The highest BCUT2D eigenvalue weighted by atomic mass is 35.5. The molecule has 200 valence electrons. The molecule has 1 atom stereocenters. The standard InChI is InChI=1S/C28H29Cl2N3O4S/c1-2-15-31-28(35)26(16-20-7-4-3-5-8-20)32(17-23-24(29)9-6-10-25(23)30)27(34)19-38-18-21-11-13-22(14-12-21)33(36)37/h3-14,26H,2,15-19H2,1H3,(H,31,35). The van der Waals surface area contributed by atoms with Crippen molar-refractivity contribution in [3.8, 4) is 0 Å². The zero-order valence-electron chi connectivity index (χ0n) is 20.9. The number of hydrogen-bond acceptors (Lipinski definition) is 5. The van der Waals surface area contributed by atoms with Gasteiger partial charge in [-0.25, -0.2) is 0 Å². The number of amides is 2. The fourth-order valence-electron chi connectivity index (χ4n) is 3.83. The molecule has 3 aromatic rings. The van der Waals surface area contributed by atoms with Gasteiger partial charge < -0.3 is 10.2 Å². The van der Waals surface area contributed by atoms with E-state index in [9.17, 15) is 19.7 Å². The Morgan fingerprint density at radius 2 is 1.63 bits per heavy atom. The maximum atomic E-state index is 13.7. The first kappa shape index (κ1) is 29.5. The van der Waals surface area contributed by atoms with Gasteiger partial charge in [-0.05, 0) is 29.7 Å². The van der Waals surface area contributed by atoms with E-state index >= 15 is 0 Å².